The van der Waals surface area contributed by atoms with Gasteiger partial charge in [0.25, 0.3) is 0 Å². The maximum atomic E-state index is 11.8. The number of urea groups is 1. The largest absolute Gasteiger partial charge is 0.338 e. The molecule has 1 aliphatic carbocycles. The van der Waals surface area contributed by atoms with Crippen molar-refractivity contribution in [3.8, 4) is 0 Å². The maximum Gasteiger partial charge on any atom is 0.321 e. The van der Waals surface area contributed by atoms with Crippen molar-refractivity contribution in [2.75, 3.05) is 6.54 Å². The van der Waals surface area contributed by atoms with Crippen LogP contribution in [0.15, 0.2) is 5.16 Å². The number of hydrogen-bond acceptors (Lipinski definition) is 5. The molecule has 1 saturated carbocycles. The number of aromatic nitrogens is 3. The summed E-state index contributed by atoms with van der Waals surface area (Å²) in [6.45, 7) is 4.01. The van der Waals surface area contributed by atoms with E-state index >= 15 is 0 Å². The molecule has 20 heavy (non-hydrogen) atoms. The van der Waals surface area contributed by atoms with Gasteiger partial charge in [0.2, 0.25) is 5.91 Å². The molecule has 8 heteroatoms. The summed E-state index contributed by atoms with van der Waals surface area (Å²) in [5, 5.41) is 13.4. The Hall–Kier alpha value is -1.57. The van der Waals surface area contributed by atoms with Crippen LogP contribution in [0.25, 0.3) is 0 Å². The van der Waals surface area contributed by atoms with Crippen LogP contribution < -0.4 is 10.6 Å². The van der Waals surface area contributed by atoms with E-state index in [1.54, 1.807) is 13.8 Å². The van der Waals surface area contributed by atoms with Crippen LogP contribution in [-0.2, 0) is 11.8 Å². The van der Waals surface area contributed by atoms with Gasteiger partial charge in [0.05, 0.1) is 5.25 Å². The Morgan fingerprint density at radius 2 is 2.15 bits per heavy atom. The number of rotatable bonds is 5. The summed E-state index contributed by atoms with van der Waals surface area (Å²) in [7, 11) is 1.91. The van der Waals surface area contributed by atoms with Gasteiger partial charge < -0.3 is 9.88 Å². The zero-order valence-electron chi connectivity index (χ0n) is 11.8. The fourth-order valence-corrected chi connectivity index (χ4v) is 2.58. The lowest BCUT2D eigenvalue weighted by Crippen LogP contribution is -2.42. The summed E-state index contributed by atoms with van der Waals surface area (Å²) in [5.41, 5.74) is 0. The second kappa shape index (κ2) is 6.25. The number of nitrogens with one attached hydrogen (secondary N) is 2. The number of amides is 3. The molecule has 0 spiro atoms. The first kappa shape index (κ1) is 14.8. The fraction of sp³-hybridized carbons (Fsp3) is 0.667. The first-order valence-electron chi connectivity index (χ1n) is 6.67. The molecule has 0 saturated heterocycles. The number of hydrogen-bond donors (Lipinski definition) is 2. The molecular formula is C12H19N5O2S. The predicted octanol–water partition coefficient (Wildman–Crippen LogP) is 1.02. The minimum atomic E-state index is -0.471. The van der Waals surface area contributed by atoms with Gasteiger partial charge in [0.15, 0.2) is 5.16 Å². The summed E-state index contributed by atoms with van der Waals surface area (Å²) < 4.78 is 1.93. The van der Waals surface area contributed by atoms with E-state index in [9.17, 15) is 9.59 Å². The molecule has 1 heterocycles. The van der Waals surface area contributed by atoms with Crippen LogP contribution >= 0.6 is 11.8 Å². The predicted molar refractivity (Wildman–Crippen MR) is 75.5 cm³/mol. The van der Waals surface area contributed by atoms with Gasteiger partial charge in [0.1, 0.15) is 5.82 Å². The SMILES string of the molecule is CCNC(=O)NC(=O)[C@@H](C)Sc1nnc(C2CC2)n1C. The smallest absolute Gasteiger partial charge is 0.321 e. The van der Waals surface area contributed by atoms with E-state index < -0.39 is 11.3 Å². The van der Waals surface area contributed by atoms with E-state index in [0.717, 1.165) is 18.7 Å². The van der Waals surface area contributed by atoms with E-state index in [4.69, 9.17) is 0 Å². The van der Waals surface area contributed by atoms with Crippen LogP contribution in [0, 0.1) is 0 Å². The molecule has 0 aromatic carbocycles. The first-order chi connectivity index (χ1) is 9.52. The van der Waals surface area contributed by atoms with Crippen LogP contribution in [-0.4, -0.2) is 38.5 Å². The van der Waals surface area contributed by atoms with Crippen molar-refractivity contribution in [3.63, 3.8) is 0 Å². The highest BCUT2D eigenvalue weighted by atomic mass is 32.2. The lowest BCUT2D eigenvalue weighted by atomic mass is 10.4. The van der Waals surface area contributed by atoms with Crippen molar-refractivity contribution < 1.29 is 9.59 Å². The molecule has 0 bridgehead atoms. The Labute approximate surface area is 121 Å². The fourth-order valence-electron chi connectivity index (χ4n) is 1.76. The highest BCUT2D eigenvalue weighted by Crippen LogP contribution is 2.39. The molecule has 110 valence electrons. The molecule has 1 atom stereocenters. The minimum absolute atomic E-state index is 0.336. The van der Waals surface area contributed by atoms with Gasteiger partial charge in [-0.15, -0.1) is 10.2 Å². The molecule has 1 fully saturated rings. The third-order valence-corrected chi connectivity index (χ3v) is 4.17. The summed E-state index contributed by atoms with van der Waals surface area (Å²) in [5.74, 6) is 1.15. The minimum Gasteiger partial charge on any atom is -0.338 e. The van der Waals surface area contributed by atoms with Crippen LogP contribution in [0.2, 0.25) is 0 Å². The summed E-state index contributed by atoms with van der Waals surface area (Å²) in [6, 6.07) is -0.471. The van der Waals surface area contributed by atoms with Gasteiger partial charge in [0, 0.05) is 19.5 Å². The van der Waals surface area contributed by atoms with Crippen molar-refractivity contribution in [1.82, 2.24) is 25.4 Å². The topological polar surface area (TPSA) is 88.9 Å². The van der Waals surface area contributed by atoms with Gasteiger partial charge in [-0.05, 0) is 26.7 Å². The standard InChI is InChI=1S/C12H19N5O2S/c1-4-13-11(19)14-10(18)7(2)20-12-16-15-9(17(12)3)8-5-6-8/h7-8H,4-6H2,1-3H3,(H2,13,14,18,19)/t7-/m1/s1. The summed E-state index contributed by atoms with van der Waals surface area (Å²) in [4.78, 5) is 23.1. The van der Waals surface area contributed by atoms with E-state index in [1.807, 2.05) is 11.6 Å². The van der Waals surface area contributed by atoms with E-state index in [-0.39, 0.29) is 5.91 Å². The van der Waals surface area contributed by atoms with Crippen molar-refractivity contribution in [3.05, 3.63) is 5.82 Å². The number of carbonyl (C=O) groups is 2. The van der Waals surface area contributed by atoms with Gasteiger partial charge in [-0.2, -0.15) is 0 Å². The van der Waals surface area contributed by atoms with Gasteiger partial charge in [-0.25, -0.2) is 4.79 Å². The van der Waals surface area contributed by atoms with Crippen LogP contribution in [0.1, 0.15) is 38.4 Å². The van der Waals surface area contributed by atoms with Gasteiger partial charge in [-0.3, -0.25) is 10.1 Å². The number of nitrogens with zero attached hydrogens (tertiary/aromatic N) is 3. The third-order valence-electron chi connectivity index (χ3n) is 3.04. The van der Waals surface area contributed by atoms with Crippen molar-refractivity contribution >= 4 is 23.7 Å². The molecule has 1 aromatic heterocycles. The molecule has 2 rings (SSSR count). The number of carbonyl (C=O) groups excluding carboxylic acids is 2. The highest BCUT2D eigenvalue weighted by molar-refractivity contribution is 8.00. The number of imide groups is 1. The monoisotopic (exact) mass is 297 g/mol. The third kappa shape index (κ3) is 3.50. The van der Waals surface area contributed by atoms with Gasteiger partial charge in [-0.1, -0.05) is 11.8 Å². The molecule has 3 amide bonds. The first-order valence-corrected chi connectivity index (χ1v) is 7.55. The summed E-state index contributed by atoms with van der Waals surface area (Å²) in [6.07, 6.45) is 2.31. The second-order valence-corrected chi connectivity index (χ2v) is 6.09. The zero-order chi connectivity index (χ0) is 14.7. The Morgan fingerprint density at radius 3 is 2.75 bits per heavy atom. The highest BCUT2D eigenvalue weighted by Gasteiger charge is 2.30. The van der Waals surface area contributed by atoms with Crippen LogP contribution in [0.5, 0.6) is 0 Å². The summed E-state index contributed by atoms with van der Waals surface area (Å²) >= 11 is 1.30. The maximum absolute atomic E-state index is 11.8. The lowest BCUT2D eigenvalue weighted by molar-refractivity contribution is -0.119. The van der Waals surface area contributed by atoms with E-state index in [1.165, 1.54) is 11.8 Å². The van der Waals surface area contributed by atoms with Crippen molar-refractivity contribution in [2.24, 2.45) is 7.05 Å². The van der Waals surface area contributed by atoms with E-state index in [2.05, 4.69) is 20.8 Å². The zero-order valence-corrected chi connectivity index (χ0v) is 12.7. The molecule has 1 aromatic rings. The molecule has 1 aliphatic rings. The molecular weight excluding hydrogens is 278 g/mol. The Bertz CT molecular complexity index is 512. The molecule has 0 radical (unpaired) electrons. The second-order valence-electron chi connectivity index (χ2n) is 4.78. The Kier molecular flexibility index (Phi) is 4.64. The average molecular weight is 297 g/mol. The van der Waals surface area contributed by atoms with E-state index in [0.29, 0.717) is 17.6 Å². The molecule has 0 unspecified atom stereocenters. The quantitative estimate of drug-likeness (QED) is 0.792. The average Bonchev–Trinajstić information content (AvgIpc) is 3.16. The van der Waals surface area contributed by atoms with Crippen molar-refractivity contribution in [1.29, 1.82) is 0 Å². The van der Waals surface area contributed by atoms with Crippen molar-refractivity contribution in [2.45, 2.75) is 43.0 Å². The number of thioether (sulfide) groups is 1. The van der Waals surface area contributed by atoms with Crippen LogP contribution in [0.4, 0.5) is 4.79 Å². The van der Waals surface area contributed by atoms with Crippen LogP contribution in [0.3, 0.4) is 0 Å². The molecule has 0 aliphatic heterocycles. The van der Waals surface area contributed by atoms with Gasteiger partial charge >= 0.3 is 6.03 Å². The normalized spacial score (nSPS) is 15.8. The molecule has 2 N–H and O–H groups in total. The Morgan fingerprint density at radius 1 is 1.45 bits per heavy atom. The molecule has 7 nitrogen and oxygen atoms in total. The lowest BCUT2D eigenvalue weighted by Gasteiger charge is -2.11. The Balaban J connectivity index is 1.91.